The first kappa shape index (κ1) is 16.8. The van der Waals surface area contributed by atoms with Gasteiger partial charge >= 0.3 is 0 Å². The summed E-state index contributed by atoms with van der Waals surface area (Å²) < 4.78 is 5.78. The van der Waals surface area contributed by atoms with Crippen LogP contribution >= 0.6 is 0 Å². The number of benzene rings is 1. The van der Waals surface area contributed by atoms with Crippen molar-refractivity contribution < 1.29 is 14.3 Å². The smallest absolute Gasteiger partial charge is 0.246 e. The van der Waals surface area contributed by atoms with E-state index in [1.807, 2.05) is 28.1 Å². The first-order chi connectivity index (χ1) is 12.7. The van der Waals surface area contributed by atoms with Crippen LogP contribution in [-0.2, 0) is 16.1 Å². The number of hydrogen-bond acceptors (Lipinski definition) is 6. The van der Waals surface area contributed by atoms with Gasteiger partial charge in [0.2, 0.25) is 17.8 Å². The molecule has 3 heterocycles. The molecule has 1 aromatic carbocycles. The zero-order chi connectivity index (χ0) is 17.9. The van der Waals surface area contributed by atoms with E-state index in [0.29, 0.717) is 38.5 Å². The second kappa shape index (κ2) is 7.33. The molecule has 0 saturated carbocycles. The summed E-state index contributed by atoms with van der Waals surface area (Å²) in [6.07, 6.45) is 3.42. The van der Waals surface area contributed by atoms with Crippen molar-refractivity contribution >= 4 is 23.5 Å². The molecule has 138 valence electrons. The number of hydrogen-bond donors (Lipinski definition) is 2. The first-order valence-electron chi connectivity index (χ1n) is 9.11. The van der Waals surface area contributed by atoms with Gasteiger partial charge < -0.3 is 9.64 Å². The number of ether oxygens (including phenoxy) is 1. The minimum Gasteiger partial charge on any atom is -0.494 e. The summed E-state index contributed by atoms with van der Waals surface area (Å²) in [6, 6.07) is 5.74. The number of hydrazine groups is 1. The molecule has 8 heteroatoms. The lowest BCUT2D eigenvalue weighted by Crippen LogP contribution is -2.39. The van der Waals surface area contributed by atoms with E-state index in [1.165, 1.54) is 0 Å². The third-order valence-corrected chi connectivity index (χ3v) is 4.73. The summed E-state index contributed by atoms with van der Waals surface area (Å²) >= 11 is 0. The summed E-state index contributed by atoms with van der Waals surface area (Å²) in [5.74, 6) is 1.41. The fourth-order valence-corrected chi connectivity index (χ4v) is 3.41. The quantitative estimate of drug-likeness (QED) is 0.739. The fourth-order valence-electron chi connectivity index (χ4n) is 3.41. The van der Waals surface area contributed by atoms with E-state index in [4.69, 9.17) is 4.74 Å². The number of carbonyl (C=O) groups is 2. The Morgan fingerprint density at radius 2 is 2.12 bits per heavy atom. The van der Waals surface area contributed by atoms with Crippen molar-refractivity contribution in [1.82, 2.24) is 20.7 Å². The molecular formula is C18H23N5O3. The SMILES string of the molecule is O=C1CN2Cc3cc(OCCCC(=O)NN4CCCC4)ccc3N=C2N1. The van der Waals surface area contributed by atoms with Crippen molar-refractivity contribution in [2.45, 2.75) is 32.2 Å². The molecule has 0 aromatic heterocycles. The van der Waals surface area contributed by atoms with Gasteiger partial charge in [-0.2, -0.15) is 0 Å². The van der Waals surface area contributed by atoms with E-state index in [0.717, 1.165) is 42.9 Å². The molecule has 8 nitrogen and oxygen atoms in total. The van der Waals surface area contributed by atoms with Crippen LogP contribution in [0.1, 0.15) is 31.2 Å². The maximum atomic E-state index is 11.9. The van der Waals surface area contributed by atoms with E-state index >= 15 is 0 Å². The van der Waals surface area contributed by atoms with Crippen LogP contribution in [0.15, 0.2) is 23.2 Å². The van der Waals surface area contributed by atoms with E-state index in [1.54, 1.807) is 0 Å². The summed E-state index contributed by atoms with van der Waals surface area (Å²) in [5.41, 5.74) is 4.82. The van der Waals surface area contributed by atoms with Crippen molar-refractivity contribution in [2.24, 2.45) is 4.99 Å². The lowest BCUT2D eigenvalue weighted by atomic mass is 10.1. The van der Waals surface area contributed by atoms with Gasteiger partial charge in [-0.15, -0.1) is 0 Å². The fraction of sp³-hybridized carbons (Fsp3) is 0.500. The average molecular weight is 357 g/mol. The number of guanidine groups is 1. The van der Waals surface area contributed by atoms with Crippen LogP contribution in [0.5, 0.6) is 5.75 Å². The van der Waals surface area contributed by atoms with Crippen molar-refractivity contribution in [1.29, 1.82) is 0 Å². The Morgan fingerprint density at radius 3 is 2.96 bits per heavy atom. The van der Waals surface area contributed by atoms with Crippen LogP contribution in [0.2, 0.25) is 0 Å². The Morgan fingerprint density at radius 1 is 1.27 bits per heavy atom. The minimum absolute atomic E-state index is 0.0276. The summed E-state index contributed by atoms with van der Waals surface area (Å²) in [7, 11) is 0. The molecule has 0 aliphatic carbocycles. The average Bonchev–Trinajstić information content (AvgIpc) is 3.24. The molecule has 2 N–H and O–H groups in total. The predicted octanol–water partition coefficient (Wildman–Crippen LogP) is 0.905. The monoisotopic (exact) mass is 357 g/mol. The Hall–Kier alpha value is -2.61. The number of rotatable bonds is 6. The van der Waals surface area contributed by atoms with Gasteiger partial charge in [0.1, 0.15) is 12.3 Å². The highest BCUT2D eigenvalue weighted by Gasteiger charge is 2.29. The Kier molecular flexibility index (Phi) is 4.75. The lowest BCUT2D eigenvalue weighted by Gasteiger charge is -2.23. The lowest BCUT2D eigenvalue weighted by molar-refractivity contribution is -0.125. The van der Waals surface area contributed by atoms with Crippen molar-refractivity contribution in [3.63, 3.8) is 0 Å². The van der Waals surface area contributed by atoms with E-state index in [2.05, 4.69) is 15.7 Å². The number of nitrogens with one attached hydrogen (secondary N) is 2. The van der Waals surface area contributed by atoms with Gasteiger partial charge in [-0.25, -0.2) is 10.0 Å². The highest BCUT2D eigenvalue weighted by molar-refractivity contribution is 6.05. The third kappa shape index (κ3) is 3.80. The Bertz CT molecular complexity index is 742. The molecule has 1 aromatic rings. The molecule has 3 aliphatic heterocycles. The number of carbonyl (C=O) groups excluding carboxylic acids is 2. The van der Waals surface area contributed by atoms with E-state index < -0.39 is 0 Å². The summed E-state index contributed by atoms with van der Waals surface area (Å²) in [4.78, 5) is 29.7. The molecule has 2 amide bonds. The molecule has 0 atom stereocenters. The second-order valence-corrected chi connectivity index (χ2v) is 6.81. The van der Waals surface area contributed by atoms with Gasteiger partial charge in [0.05, 0.1) is 12.3 Å². The van der Waals surface area contributed by atoms with Crippen molar-refractivity contribution in [3.05, 3.63) is 23.8 Å². The molecule has 0 radical (unpaired) electrons. The molecule has 26 heavy (non-hydrogen) atoms. The number of amides is 2. The van der Waals surface area contributed by atoms with Crippen LogP contribution in [0.3, 0.4) is 0 Å². The van der Waals surface area contributed by atoms with Crippen molar-refractivity contribution in [3.8, 4) is 5.75 Å². The highest BCUT2D eigenvalue weighted by atomic mass is 16.5. The van der Waals surface area contributed by atoms with Gasteiger partial charge in [0, 0.05) is 31.6 Å². The molecule has 0 unspecified atom stereocenters. The molecule has 4 rings (SSSR count). The standard InChI is InChI=1S/C18H23N5O3/c24-16(21-23-7-1-2-8-23)4-3-9-26-14-5-6-15-13(10-14)11-22-12-17(25)20-18(22)19-15/h5-6,10H,1-4,7-9,11-12H2,(H,21,24)(H,19,20,25). The number of nitrogens with zero attached hydrogens (tertiary/aromatic N) is 3. The first-order valence-corrected chi connectivity index (χ1v) is 9.11. The second-order valence-electron chi connectivity index (χ2n) is 6.81. The minimum atomic E-state index is -0.0276. The zero-order valence-corrected chi connectivity index (χ0v) is 14.7. The molecule has 0 bridgehead atoms. The Balaban J connectivity index is 1.25. The Labute approximate surface area is 152 Å². The van der Waals surface area contributed by atoms with Gasteiger partial charge in [0.15, 0.2) is 0 Å². The van der Waals surface area contributed by atoms with Crippen LogP contribution in [0.4, 0.5) is 5.69 Å². The van der Waals surface area contributed by atoms with Crippen molar-refractivity contribution in [2.75, 3.05) is 26.2 Å². The van der Waals surface area contributed by atoms with Crippen LogP contribution in [0, 0.1) is 0 Å². The largest absolute Gasteiger partial charge is 0.494 e. The van der Waals surface area contributed by atoms with Crippen LogP contribution < -0.4 is 15.5 Å². The van der Waals surface area contributed by atoms with Gasteiger partial charge in [-0.05, 0) is 37.5 Å². The molecule has 2 saturated heterocycles. The molecule has 2 fully saturated rings. The summed E-state index contributed by atoms with van der Waals surface area (Å²) in [6.45, 7) is 3.36. The van der Waals surface area contributed by atoms with Gasteiger partial charge in [-0.1, -0.05) is 0 Å². The summed E-state index contributed by atoms with van der Waals surface area (Å²) in [5, 5.41) is 4.74. The maximum Gasteiger partial charge on any atom is 0.246 e. The number of aliphatic imine (C=N–C) groups is 1. The highest BCUT2D eigenvalue weighted by Crippen LogP contribution is 2.30. The topological polar surface area (TPSA) is 86.3 Å². The molecular weight excluding hydrogens is 334 g/mol. The van der Waals surface area contributed by atoms with Crippen LogP contribution in [0.25, 0.3) is 0 Å². The number of fused-ring (bicyclic) bond motifs is 2. The molecule has 3 aliphatic rings. The molecule has 0 spiro atoms. The normalized spacial score (nSPS) is 18.8. The van der Waals surface area contributed by atoms with E-state index in [-0.39, 0.29) is 11.8 Å². The van der Waals surface area contributed by atoms with Gasteiger partial charge in [0.25, 0.3) is 0 Å². The van der Waals surface area contributed by atoms with E-state index in [9.17, 15) is 9.59 Å². The third-order valence-electron chi connectivity index (χ3n) is 4.73. The maximum absolute atomic E-state index is 11.9. The van der Waals surface area contributed by atoms with Crippen LogP contribution in [-0.4, -0.2) is 53.9 Å². The van der Waals surface area contributed by atoms with Gasteiger partial charge in [-0.3, -0.25) is 20.3 Å². The predicted molar refractivity (Wildman–Crippen MR) is 95.8 cm³/mol. The zero-order valence-electron chi connectivity index (χ0n) is 14.7.